The second-order valence-electron chi connectivity index (χ2n) is 7.49. The standard InChI is InChI=1S/C25H26N2O3/c1-17(15-18-7-11-21(12-8-18)20-5-3-2-4-6-20)27-24(28)22-13-9-19(10-14-22)16-23(26)25(29)30/h2-14,17,23H,15-16,26H2,1H3,(H,27,28)(H,29,30)/t17?,23-/m0/s1. The molecular formula is C25H26N2O3. The lowest BCUT2D eigenvalue weighted by molar-refractivity contribution is -0.138. The topological polar surface area (TPSA) is 92.4 Å². The summed E-state index contributed by atoms with van der Waals surface area (Å²) in [5, 5.41) is 11.9. The molecule has 5 nitrogen and oxygen atoms in total. The number of amides is 1. The van der Waals surface area contributed by atoms with Gasteiger partial charge in [-0.05, 0) is 54.2 Å². The van der Waals surface area contributed by atoms with Gasteiger partial charge in [0.2, 0.25) is 0 Å². The first kappa shape index (κ1) is 21.3. The highest BCUT2D eigenvalue weighted by atomic mass is 16.4. The average molecular weight is 402 g/mol. The average Bonchev–Trinajstić information content (AvgIpc) is 2.75. The van der Waals surface area contributed by atoms with E-state index < -0.39 is 12.0 Å². The van der Waals surface area contributed by atoms with Crippen LogP contribution in [0, 0.1) is 0 Å². The summed E-state index contributed by atoms with van der Waals surface area (Å²) in [6.45, 7) is 1.98. The maximum absolute atomic E-state index is 12.5. The van der Waals surface area contributed by atoms with Gasteiger partial charge in [0.25, 0.3) is 5.91 Å². The molecule has 0 aliphatic carbocycles. The van der Waals surface area contributed by atoms with Crippen molar-refractivity contribution in [3.05, 3.63) is 95.6 Å². The molecule has 3 aromatic rings. The Morgan fingerprint density at radius 3 is 1.97 bits per heavy atom. The van der Waals surface area contributed by atoms with E-state index >= 15 is 0 Å². The molecule has 4 N–H and O–H groups in total. The summed E-state index contributed by atoms with van der Waals surface area (Å²) >= 11 is 0. The van der Waals surface area contributed by atoms with Crippen LogP contribution < -0.4 is 11.1 Å². The summed E-state index contributed by atoms with van der Waals surface area (Å²) in [4.78, 5) is 23.3. The number of carbonyl (C=O) groups is 2. The Balaban J connectivity index is 1.55. The smallest absolute Gasteiger partial charge is 0.320 e. The van der Waals surface area contributed by atoms with Crippen molar-refractivity contribution in [1.82, 2.24) is 5.32 Å². The number of carboxylic acids is 1. The van der Waals surface area contributed by atoms with Crippen molar-refractivity contribution >= 4 is 11.9 Å². The minimum absolute atomic E-state index is 0.0276. The molecule has 1 amide bonds. The molecule has 0 saturated carbocycles. The zero-order valence-corrected chi connectivity index (χ0v) is 16.9. The third kappa shape index (κ3) is 5.78. The van der Waals surface area contributed by atoms with Gasteiger partial charge in [-0.1, -0.05) is 66.7 Å². The Morgan fingerprint density at radius 1 is 0.833 bits per heavy atom. The van der Waals surface area contributed by atoms with E-state index in [9.17, 15) is 9.59 Å². The van der Waals surface area contributed by atoms with E-state index in [4.69, 9.17) is 10.8 Å². The van der Waals surface area contributed by atoms with Crippen molar-refractivity contribution in [2.24, 2.45) is 5.73 Å². The fourth-order valence-electron chi connectivity index (χ4n) is 3.31. The van der Waals surface area contributed by atoms with Crippen molar-refractivity contribution in [2.45, 2.75) is 31.8 Å². The summed E-state index contributed by atoms with van der Waals surface area (Å²) in [5.41, 5.74) is 10.4. The van der Waals surface area contributed by atoms with E-state index in [1.54, 1.807) is 24.3 Å². The molecular weight excluding hydrogens is 376 g/mol. The van der Waals surface area contributed by atoms with Crippen LogP contribution in [0.3, 0.4) is 0 Å². The molecule has 154 valence electrons. The quantitative estimate of drug-likeness (QED) is 0.536. The van der Waals surface area contributed by atoms with E-state index in [2.05, 4.69) is 41.7 Å². The molecule has 0 spiro atoms. The zero-order valence-electron chi connectivity index (χ0n) is 16.9. The molecule has 30 heavy (non-hydrogen) atoms. The minimum Gasteiger partial charge on any atom is -0.480 e. The molecule has 3 aromatic carbocycles. The third-order valence-corrected chi connectivity index (χ3v) is 4.97. The number of hydrogen-bond donors (Lipinski definition) is 3. The SMILES string of the molecule is CC(Cc1ccc(-c2ccccc2)cc1)NC(=O)c1ccc(C[C@H](N)C(=O)O)cc1. The number of carboxylic acid groups (broad SMARTS) is 1. The van der Waals surface area contributed by atoms with Gasteiger partial charge in [0.05, 0.1) is 0 Å². The highest BCUT2D eigenvalue weighted by Gasteiger charge is 2.14. The van der Waals surface area contributed by atoms with E-state index in [1.165, 1.54) is 11.1 Å². The van der Waals surface area contributed by atoms with Crippen molar-refractivity contribution in [2.75, 3.05) is 0 Å². The van der Waals surface area contributed by atoms with Gasteiger partial charge in [-0.15, -0.1) is 0 Å². The predicted octanol–water partition coefficient (Wildman–Crippen LogP) is 3.67. The zero-order chi connectivity index (χ0) is 21.5. The van der Waals surface area contributed by atoms with Gasteiger partial charge in [-0.2, -0.15) is 0 Å². The Morgan fingerprint density at radius 2 is 1.37 bits per heavy atom. The van der Waals surface area contributed by atoms with Gasteiger partial charge < -0.3 is 16.2 Å². The number of nitrogens with two attached hydrogens (primary N) is 1. The highest BCUT2D eigenvalue weighted by molar-refractivity contribution is 5.94. The van der Waals surface area contributed by atoms with Crippen molar-refractivity contribution in [3.8, 4) is 11.1 Å². The second-order valence-corrected chi connectivity index (χ2v) is 7.49. The molecule has 1 unspecified atom stereocenters. The molecule has 0 aliphatic heterocycles. The molecule has 0 radical (unpaired) electrons. The maximum atomic E-state index is 12.5. The van der Waals surface area contributed by atoms with Crippen LogP contribution in [0.5, 0.6) is 0 Å². The number of benzene rings is 3. The Hall–Kier alpha value is -3.44. The largest absolute Gasteiger partial charge is 0.480 e. The number of aliphatic carboxylic acids is 1. The normalized spacial score (nSPS) is 12.7. The van der Waals surface area contributed by atoms with Crippen LogP contribution in [-0.2, 0) is 17.6 Å². The number of rotatable bonds is 8. The predicted molar refractivity (Wildman–Crippen MR) is 118 cm³/mol. The van der Waals surface area contributed by atoms with Crippen LogP contribution in [0.1, 0.15) is 28.4 Å². The lowest BCUT2D eigenvalue weighted by Crippen LogP contribution is -2.34. The van der Waals surface area contributed by atoms with E-state index in [0.29, 0.717) is 5.56 Å². The summed E-state index contributed by atoms with van der Waals surface area (Å²) < 4.78 is 0. The first-order valence-electron chi connectivity index (χ1n) is 9.95. The Bertz CT molecular complexity index is 983. The van der Waals surface area contributed by atoms with Crippen molar-refractivity contribution < 1.29 is 14.7 Å². The lowest BCUT2D eigenvalue weighted by atomic mass is 10.0. The molecule has 0 saturated heterocycles. The molecule has 0 aromatic heterocycles. The van der Waals surface area contributed by atoms with Gasteiger partial charge in [0.15, 0.2) is 0 Å². The Kier molecular flexibility index (Phi) is 6.99. The lowest BCUT2D eigenvalue weighted by Gasteiger charge is -2.15. The van der Waals surface area contributed by atoms with Gasteiger partial charge in [0, 0.05) is 11.6 Å². The van der Waals surface area contributed by atoms with Crippen LogP contribution in [0.2, 0.25) is 0 Å². The number of carbonyl (C=O) groups excluding carboxylic acids is 1. The van der Waals surface area contributed by atoms with Crippen molar-refractivity contribution in [3.63, 3.8) is 0 Å². The van der Waals surface area contributed by atoms with Gasteiger partial charge in [0.1, 0.15) is 6.04 Å². The molecule has 0 fully saturated rings. The third-order valence-electron chi connectivity index (χ3n) is 4.97. The highest BCUT2D eigenvalue weighted by Crippen LogP contribution is 2.19. The van der Waals surface area contributed by atoms with Gasteiger partial charge in [-0.25, -0.2) is 0 Å². The minimum atomic E-state index is -1.04. The summed E-state index contributed by atoms with van der Waals surface area (Å²) in [6, 6.07) is 24.5. The molecule has 5 heteroatoms. The first-order valence-corrected chi connectivity index (χ1v) is 9.95. The Labute approximate surface area is 176 Å². The molecule has 0 heterocycles. The monoisotopic (exact) mass is 402 g/mol. The van der Waals surface area contributed by atoms with Crippen molar-refractivity contribution in [1.29, 1.82) is 0 Å². The van der Waals surface area contributed by atoms with Crippen LogP contribution in [0.15, 0.2) is 78.9 Å². The number of hydrogen-bond acceptors (Lipinski definition) is 3. The van der Waals surface area contributed by atoms with Crippen LogP contribution in [-0.4, -0.2) is 29.1 Å². The van der Waals surface area contributed by atoms with Crippen LogP contribution in [0.4, 0.5) is 0 Å². The summed E-state index contributed by atoms with van der Waals surface area (Å²) in [7, 11) is 0. The van der Waals surface area contributed by atoms with E-state index in [-0.39, 0.29) is 18.4 Å². The fourth-order valence-corrected chi connectivity index (χ4v) is 3.31. The second kappa shape index (κ2) is 9.85. The molecule has 0 bridgehead atoms. The maximum Gasteiger partial charge on any atom is 0.320 e. The van der Waals surface area contributed by atoms with Crippen LogP contribution >= 0.6 is 0 Å². The summed E-state index contributed by atoms with van der Waals surface area (Å²) in [6.07, 6.45) is 0.957. The van der Waals surface area contributed by atoms with E-state index in [1.807, 2.05) is 25.1 Å². The number of nitrogens with one attached hydrogen (secondary N) is 1. The first-order chi connectivity index (χ1) is 14.4. The van der Waals surface area contributed by atoms with E-state index in [0.717, 1.165) is 17.5 Å². The summed E-state index contributed by atoms with van der Waals surface area (Å²) in [5.74, 6) is -1.19. The molecule has 3 rings (SSSR count). The molecule has 0 aliphatic rings. The fraction of sp³-hybridized carbons (Fsp3) is 0.200. The van der Waals surface area contributed by atoms with Gasteiger partial charge in [-0.3, -0.25) is 9.59 Å². The van der Waals surface area contributed by atoms with Gasteiger partial charge >= 0.3 is 5.97 Å². The molecule has 2 atom stereocenters. The van der Waals surface area contributed by atoms with Crippen LogP contribution in [0.25, 0.3) is 11.1 Å².